The maximum atomic E-state index is 13.4. The summed E-state index contributed by atoms with van der Waals surface area (Å²) in [6.45, 7) is 0.406. The molecule has 4 rings (SSSR count). The molecule has 1 N–H and O–H groups in total. The maximum Gasteiger partial charge on any atom is 0.395 e. The smallest absolute Gasteiger partial charge is 0.364 e. The van der Waals surface area contributed by atoms with Gasteiger partial charge >= 0.3 is 11.9 Å². The lowest BCUT2D eigenvalue weighted by Gasteiger charge is -2.36. The van der Waals surface area contributed by atoms with Crippen molar-refractivity contribution < 1.29 is 13.2 Å². The minimum Gasteiger partial charge on any atom is -0.364 e. The van der Waals surface area contributed by atoms with E-state index in [0.717, 1.165) is 4.57 Å². The Morgan fingerprint density at radius 3 is 2.61 bits per heavy atom. The molecule has 0 bridgehead atoms. The Morgan fingerprint density at radius 2 is 1.89 bits per heavy atom. The van der Waals surface area contributed by atoms with E-state index in [1.807, 2.05) is 0 Å². The van der Waals surface area contributed by atoms with E-state index >= 15 is 0 Å². The van der Waals surface area contributed by atoms with Crippen molar-refractivity contribution in [2.24, 2.45) is 14.1 Å². The van der Waals surface area contributed by atoms with Gasteiger partial charge in [-0.1, -0.05) is 18.2 Å². The topological polar surface area (TPSA) is 75.9 Å². The van der Waals surface area contributed by atoms with E-state index in [4.69, 9.17) is 0 Å². The van der Waals surface area contributed by atoms with Crippen molar-refractivity contribution in [1.29, 1.82) is 0 Å². The Labute approximate surface area is 157 Å². The number of aryl methyl sites for hydroxylation is 1. The van der Waals surface area contributed by atoms with Gasteiger partial charge in [0.05, 0.1) is 12.5 Å². The van der Waals surface area contributed by atoms with Crippen molar-refractivity contribution in [1.82, 2.24) is 19.1 Å². The first-order valence-electron chi connectivity index (χ1n) is 8.73. The van der Waals surface area contributed by atoms with Crippen LogP contribution >= 0.6 is 0 Å². The zero-order chi connectivity index (χ0) is 20.2. The van der Waals surface area contributed by atoms with Crippen molar-refractivity contribution in [2.45, 2.75) is 25.1 Å². The SMILES string of the molecule is Cn1c(=O)c2[nH]c(CN3CCC(C(F)(F)F)c4ccccc43)nc2n(C)c1=O. The van der Waals surface area contributed by atoms with E-state index < -0.39 is 23.3 Å². The molecule has 1 atom stereocenters. The molecule has 0 radical (unpaired) electrons. The first-order valence-corrected chi connectivity index (χ1v) is 8.73. The van der Waals surface area contributed by atoms with Crippen molar-refractivity contribution in [3.63, 3.8) is 0 Å². The van der Waals surface area contributed by atoms with Gasteiger partial charge in [-0.2, -0.15) is 13.2 Å². The number of hydrogen-bond acceptors (Lipinski definition) is 4. The number of imidazole rings is 1. The summed E-state index contributed by atoms with van der Waals surface area (Å²) in [5.74, 6) is -1.09. The molecule has 3 aromatic rings. The number of hydrogen-bond donors (Lipinski definition) is 1. The Hall–Kier alpha value is -3.04. The van der Waals surface area contributed by atoms with Crippen LogP contribution in [0.3, 0.4) is 0 Å². The van der Waals surface area contributed by atoms with E-state index in [1.165, 1.54) is 24.7 Å². The second-order valence-corrected chi connectivity index (χ2v) is 6.95. The molecule has 0 saturated heterocycles. The molecule has 0 fully saturated rings. The molecule has 1 aliphatic rings. The Morgan fingerprint density at radius 1 is 1.18 bits per heavy atom. The van der Waals surface area contributed by atoms with Gasteiger partial charge < -0.3 is 9.88 Å². The summed E-state index contributed by atoms with van der Waals surface area (Å²) >= 11 is 0. The third-order valence-corrected chi connectivity index (χ3v) is 5.22. The van der Waals surface area contributed by atoms with Crippen LogP contribution in [0.25, 0.3) is 11.2 Å². The average molecular weight is 393 g/mol. The summed E-state index contributed by atoms with van der Waals surface area (Å²) in [5.41, 5.74) is 0.165. The quantitative estimate of drug-likeness (QED) is 0.723. The van der Waals surface area contributed by atoms with Gasteiger partial charge in [-0.15, -0.1) is 0 Å². The van der Waals surface area contributed by atoms with Crippen LogP contribution in [0.1, 0.15) is 23.7 Å². The van der Waals surface area contributed by atoms with E-state index in [0.29, 0.717) is 11.5 Å². The number of nitrogens with one attached hydrogen (secondary N) is 1. The van der Waals surface area contributed by atoms with Crippen molar-refractivity contribution in [3.8, 4) is 0 Å². The van der Waals surface area contributed by atoms with Crippen LogP contribution < -0.4 is 16.1 Å². The van der Waals surface area contributed by atoms with Crippen LogP contribution in [-0.4, -0.2) is 31.8 Å². The highest BCUT2D eigenvalue weighted by Gasteiger charge is 2.44. The fourth-order valence-electron chi connectivity index (χ4n) is 3.76. The minimum atomic E-state index is -4.30. The van der Waals surface area contributed by atoms with Crippen molar-refractivity contribution in [2.75, 3.05) is 11.4 Å². The monoisotopic (exact) mass is 393 g/mol. The lowest BCUT2D eigenvalue weighted by atomic mass is 9.89. The number of benzene rings is 1. The molecule has 7 nitrogen and oxygen atoms in total. The number of fused-ring (bicyclic) bond motifs is 2. The summed E-state index contributed by atoms with van der Waals surface area (Å²) in [6.07, 6.45) is -4.35. The van der Waals surface area contributed by atoms with Crippen LogP contribution in [-0.2, 0) is 20.6 Å². The van der Waals surface area contributed by atoms with Gasteiger partial charge in [0.2, 0.25) is 0 Å². The van der Waals surface area contributed by atoms with Gasteiger partial charge in [0.15, 0.2) is 5.65 Å². The number of aromatic amines is 1. The van der Waals surface area contributed by atoms with E-state index in [-0.39, 0.29) is 36.2 Å². The lowest BCUT2D eigenvalue weighted by molar-refractivity contribution is -0.152. The Bertz CT molecular complexity index is 1170. The first kappa shape index (κ1) is 18.3. The van der Waals surface area contributed by atoms with Crippen LogP contribution in [0, 0.1) is 0 Å². The van der Waals surface area contributed by atoms with Crippen molar-refractivity contribution >= 4 is 16.9 Å². The molecule has 0 aliphatic carbocycles. The number of alkyl halides is 3. The largest absolute Gasteiger partial charge is 0.395 e. The number of para-hydroxylation sites is 1. The van der Waals surface area contributed by atoms with Gasteiger partial charge in [-0.3, -0.25) is 13.9 Å². The lowest BCUT2D eigenvalue weighted by Crippen LogP contribution is -2.36. The van der Waals surface area contributed by atoms with Crippen LogP contribution in [0.2, 0.25) is 0 Å². The molecule has 1 aromatic carbocycles. The molecule has 2 aromatic heterocycles. The summed E-state index contributed by atoms with van der Waals surface area (Å²) < 4.78 is 42.4. The molecule has 0 amide bonds. The molecule has 1 unspecified atom stereocenters. The predicted molar refractivity (Wildman–Crippen MR) is 97.5 cm³/mol. The molecule has 10 heteroatoms. The third-order valence-electron chi connectivity index (χ3n) is 5.22. The van der Waals surface area contributed by atoms with Gasteiger partial charge in [-0.25, -0.2) is 9.78 Å². The highest BCUT2D eigenvalue weighted by Crippen LogP contribution is 2.44. The number of anilines is 1. The zero-order valence-corrected chi connectivity index (χ0v) is 15.2. The molecular weight excluding hydrogens is 375 g/mol. The van der Waals surface area contributed by atoms with Crippen LogP contribution in [0.4, 0.5) is 18.9 Å². The van der Waals surface area contributed by atoms with Gasteiger partial charge in [0.1, 0.15) is 11.3 Å². The summed E-state index contributed by atoms with van der Waals surface area (Å²) in [6, 6.07) is 6.45. The van der Waals surface area contributed by atoms with Crippen molar-refractivity contribution in [3.05, 3.63) is 56.5 Å². The van der Waals surface area contributed by atoms with E-state index in [9.17, 15) is 22.8 Å². The fourth-order valence-corrected chi connectivity index (χ4v) is 3.76. The molecule has 3 heterocycles. The van der Waals surface area contributed by atoms with E-state index in [1.54, 1.807) is 23.1 Å². The normalized spacial score (nSPS) is 17.2. The van der Waals surface area contributed by atoms with Gasteiger partial charge in [-0.05, 0) is 18.1 Å². The number of H-pyrrole nitrogens is 1. The summed E-state index contributed by atoms with van der Waals surface area (Å²) in [4.78, 5) is 33.4. The molecule has 148 valence electrons. The third kappa shape index (κ3) is 2.79. The predicted octanol–water partition coefficient (Wildman–Crippen LogP) is 2.02. The van der Waals surface area contributed by atoms with Gasteiger partial charge in [0.25, 0.3) is 5.56 Å². The number of rotatable bonds is 2. The average Bonchev–Trinajstić information content (AvgIpc) is 3.08. The van der Waals surface area contributed by atoms with Crippen LogP contribution in [0.5, 0.6) is 0 Å². The molecular formula is C18H18F3N5O2. The molecule has 0 spiro atoms. The standard InChI is InChI=1S/C18H18F3N5O2/c1-24-15-14(16(27)25(2)17(24)28)22-13(23-15)9-26-8-7-11(18(19,20)21)10-5-3-4-6-12(10)26/h3-6,11H,7-9H2,1-2H3,(H,22,23). The number of nitrogens with zero attached hydrogens (tertiary/aromatic N) is 4. The summed E-state index contributed by atoms with van der Waals surface area (Å²) in [5, 5.41) is 0. The zero-order valence-electron chi connectivity index (χ0n) is 15.2. The van der Waals surface area contributed by atoms with Gasteiger partial charge in [0, 0.05) is 26.3 Å². The first-order chi connectivity index (χ1) is 13.2. The second kappa shape index (κ2) is 6.25. The Balaban J connectivity index is 1.74. The highest BCUT2D eigenvalue weighted by atomic mass is 19.4. The minimum absolute atomic E-state index is 0.0546. The number of halogens is 3. The maximum absolute atomic E-state index is 13.4. The highest BCUT2D eigenvalue weighted by molar-refractivity contribution is 5.70. The second-order valence-electron chi connectivity index (χ2n) is 6.95. The molecule has 28 heavy (non-hydrogen) atoms. The fraction of sp³-hybridized carbons (Fsp3) is 0.389. The number of aromatic nitrogens is 4. The van der Waals surface area contributed by atoms with Crippen LogP contribution in [0.15, 0.2) is 33.9 Å². The van der Waals surface area contributed by atoms with E-state index in [2.05, 4.69) is 9.97 Å². The summed E-state index contributed by atoms with van der Waals surface area (Å²) in [7, 11) is 2.89. The Kier molecular flexibility index (Phi) is 4.09. The molecule has 0 saturated carbocycles. The molecule has 1 aliphatic heterocycles.